The zero-order chi connectivity index (χ0) is 12.4. The lowest BCUT2D eigenvalue weighted by atomic mass is 10.2. The molecular formula is C13H18N4. The Morgan fingerprint density at radius 3 is 2.65 bits per heavy atom. The Bertz CT molecular complexity index is 500. The van der Waals surface area contributed by atoms with Crippen molar-refractivity contribution < 1.29 is 0 Å². The van der Waals surface area contributed by atoms with E-state index in [1.165, 1.54) is 0 Å². The average Bonchev–Trinajstić information content (AvgIpc) is 2.77. The molecular weight excluding hydrogens is 212 g/mol. The van der Waals surface area contributed by atoms with Gasteiger partial charge in [0.15, 0.2) is 0 Å². The Morgan fingerprint density at radius 2 is 2.00 bits per heavy atom. The van der Waals surface area contributed by atoms with E-state index in [0.717, 1.165) is 17.1 Å². The van der Waals surface area contributed by atoms with Gasteiger partial charge in [0.1, 0.15) is 0 Å². The van der Waals surface area contributed by atoms with Gasteiger partial charge in [0, 0.05) is 20.1 Å². The highest BCUT2D eigenvalue weighted by Gasteiger charge is 2.11. The smallest absolute Gasteiger partial charge is 0.0995 e. The molecule has 1 heterocycles. The number of benzene rings is 1. The number of para-hydroxylation sites is 2. The Kier molecular flexibility index (Phi) is 3.15. The number of anilines is 1. The molecule has 2 aromatic rings. The van der Waals surface area contributed by atoms with Crippen molar-refractivity contribution in [3.8, 4) is 5.69 Å². The molecule has 90 valence electrons. The van der Waals surface area contributed by atoms with Gasteiger partial charge in [0.05, 0.1) is 29.6 Å². The summed E-state index contributed by atoms with van der Waals surface area (Å²) in [7, 11) is 4.06. The molecule has 2 N–H and O–H groups in total. The normalized spacial score (nSPS) is 12.5. The average molecular weight is 230 g/mol. The first kappa shape index (κ1) is 11.7. The van der Waals surface area contributed by atoms with Gasteiger partial charge in [-0.05, 0) is 19.1 Å². The Balaban J connectivity index is 2.56. The second-order valence-electron chi connectivity index (χ2n) is 4.36. The third-order valence-corrected chi connectivity index (χ3v) is 2.76. The van der Waals surface area contributed by atoms with E-state index in [1.54, 1.807) is 6.33 Å². The van der Waals surface area contributed by atoms with E-state index >= 15 is 0 Å². The fraction of sp³-hybridized carbons (Fsp3) is 0.308. The maximum absolute atomic E-state index is 5.95. The monoisotopic (exact) mass is 230 g/mol. The summed E-state index contributed by atoms with van der Waals surface area (Å²) in [5.74, 6) is 0. The maximum Gasteiger partial charge on any atom is 0.0995 e. The van der Waals surface area contributed by atoms with Gasteiger partial charge in [0.25, 0.3) is 0 Å². The van der Waals surface area contributed by atoms with Crippen molar-refractivity contribution >= 4 is 5.69 Å². The van der Waals surface area contributed by atoms with Crippen molar-refractivity contribution in [2.75, 3.05) is 19.0 Å². The number of nitrogens with zero attached hydrogens (tertiary/aromatic N) is 3. The molecule has 1 aromatic heterocycles. The van der Waals surface area contributed by atoms with Crippen LogP contribution < -0.4 is 10.6 Å². The lowest BCUT2D eigenvalue weighted by molar-refractivity contribution is 0.752. The van der Waals surface area contributed by atoms with Crippen LogP contribution in [0.5, 0.6) is 0 Å². The van der Waals surface area contributed by atoms with Crippen LogP contribution in [0.25, 0.3) is 5.69 Å². The van der Waals surface area contributed by atoms with Gasteiger partial charge in [-0.1, -0.05) is 12.1 Å². The molecule has 0 aliphatic heterocycles. The van der Waals surface area contributed by atoms with Crippen LogP contribution in [0, 0.1) is 0 Å². The zero-order valence-electron chi connectivity index (χ0n) is 10.5. The van der Waals surface area contributed by atoms with Crippen molar-refractivity contribution in [2.45, 2.75) is 13.0 Å². The molecule has 0 unspecified atom stereocenters. The molecule has 0 bridgehead atoms. The van der Waals surface area contributed by atoms with Gasteiger partial charge in [0.2, 0.25) is 0 Å². The van der Waals surface area contributed by atoms with Crippen LogP contribution in [0.2, 0.25) is 0 Å². The maximum atomic E-state index is 5.95. The second-order valence-corrected chi connectivity index (χ2v) is 4.36. The van der Waals surface area contributed by atoms with E-state index < -0.39 is 0 Å². The third kappa shape index (κ3) is 2.17. The lowest BCUT2D eigenvalue weighted by Gasteiger charge is -2.19. The van der Waals surface area contributed by atoms with Crippen molar-refractivity contribution in [3.05, 3.63) is 42.5 Å². The second kappa shape index (κ2) is 4.59. The predicted molar refractivity (Wildman–Crippen MR) is 70.5 cm³/mol. The number of aromatic nitrogens is 2. The predicted octanol–water partition coefficient (Wildman–Crippen LogP) is 1.96. The van der Waals surface area contributed by atoms with Crippen LogP contribution in [-0.2, 0) is 0 Å². The minimum absolute atomic E-state index is 0.0345. The summed E-state index contributed by atoms with van der Waals surface area (Å²) in [5, 5.41) is 0. The quantitative estimate of drug-likeness (QED) is 0.876. The topological polar surface area (TPSA) is 47.1 Å². The molecule has 0 aliphatic carbocycles. The minimum Gasteiger partial charge on any atom is -0.376 e. The molecule has 1 aromatic carbocycles. The van der Waals surface area contributed by atoms with Crippen LogP contribution in [0.15, 0.2) is 36.8 Å². The van der Waals surface area contributed by atoms with E-state index in [-0.39, 0.29) is 6.04 Å². The van der Waals surface area contributed by atoms with Crippen LogP contribution in [0.3, 0.4) is 0 Å². The molecule has 0 saturated carbocycles. The summed E-state index contributed by atoms with van der Waals surface area (Å²) >= 11 is 0. The molecule has 0 aliphatic rings. The summed E-state index contributed by atoms with van der Waals surface area (Å²) < 4.78 is 2.04. The third-order valence-electron chi connectivity index (χ3n) is 2.76. The van der Waals surface area contributed by atoms with Gasteiger partial charge in [-0.15, -0.1) is 0 Å². The number of hydrogen-bond donors (Lipinski definition) is 1. The van der Waals surface area contributed by atoms with Crippen LogP contribution >= 0.6 is 0 Å². The molecule has 0 fully saturated rings. The molecule has 1 atom stereocenters. The largest absolute Gasteiger partial charge is 0.376 e. The molecule has 0 amide bonds. The number of rotatable bonds is 3. The van der Waals surface area contributed by atoms with Crippen LogP contribution in [-0.4, -0.2) is 23.6 Å². The zero-order valence-corrected chi connectivity index (χ0v) is 10.5. The summed E-state index contributed by atoms with van der Waals surface area (Å²) in [5.41, 5.74) is 9.21. The Morgan fingerprint density at radius 1 is 1.29 bits per heavy atom. The van der Waals surface area contributed by atoms with Gasteiger partial charge in [-0.3, -0.25) is 4.57 Å². The summed E-state index contributed by atoms with van der Waals surface area (Å²) in [4.78, 5) is 6.27. The van der Waals surface area contributed by atoms with Crippen LogP contribution in [0.1, 0.15) is 18.7 Å². The highest BCUT2D eigenvalue weighted by molar-refractivity contribution is 5.62. The van der Waals surface area contributed by atoms with E-state index in [2.05, 4.69) is 22.0 Å². The molecule has 4 heteroatoms. The molecule has 0 spiro atoms. The molecule has 17 heavy (non-hydrogen) atoms. The van der Waals surface area contributed by atoms with Gasteiger partial charge < -0.3 is 10.6 Å². The molecule has 0 radical (unpaired) electrons. The molecule has 2 rings (SSSR count). The SMILES string of the molecule is C[C@@H](N)c1cncn1-c1ccccc1N(C)C. The fourth-order valence-corrected chi connectivity index (χ4v) is 1.89. The summed E-state index contributed by atoms with van der Waals surface area (Å²) in [6, 6.07) is 8.17. The minimum atomic E-state index is -0.0345. The number of hydrogen-bond acceptors (Lipinski definition) is 3. The standard InChI is InChI=1S/C13H18N4/c1-10(14)13-8-15-9-17(13)12-7-5-4-6-11(12)16(2)3/h4-10H,14H2,1-3H3/t10-/m1/s1. The van der Waals surface area contributed by atoms with Gasteiger partial charge >= 0.3 is 0 Å². The summed E-state index contributed by atoms with van der Waals surface area (Å²) in [6.07, 6.45) is 3.62. The van der Waals surface area contributed by atoms with Crippen molar-refractivity contribution in [1.29, 1.82) is 0 Å². The molecule has 4 nitrogen and oxygen atoms in total. The Hall–Kier alpha value is -1.81. The first-order valence-corrected chi connectivity index (χ1v) is 5.66. The van der Waals surface area contributed by atoms with Crippen molar-refractivity contribution in [1.82, 2.24) is 9.55 Å². The highest BCUT2D eigenvalue weighted by Crippen LogP contribution is 2.25. The first-order chi connectivity index (χ1) is 8.11. The Labute approximate surface area is 102 Å². The van der Waals surface area contributed by atoms with Gasteiger partial charge in [-0.2, -0.15) is 0 Å². The summed E-state index contributed by atoms with van der Waals surface area (Å²) in [6.45, 7) is 1.96. The lowest BCUT2D eigenvalue weighted by Crippen LogP contribution is -2.15. The van der Waals surface area contributed by atoms with E-state index in [4.69, 9.17) is 5.73 Å². The highest BCUT2D eigenvalue weighted by atomic mass is 15.1. The van der Waals surface area contributed by atoms with E-state index in [0.29, 0.717) is 0 Å². The van der Waals surface area contributed by atoms with Crippen molar-refractivity contribution in [3.63, 3.8) is 0 Å². The van der Waals surface area contributed by atoms with E-state index in [1.807, 2.05) is 43.9 Å². The first-order valence-electron chi connectivity index (χ1n) is 5.66. The number of imidazole rings is 1. The fourth-order valence-electron chi connectivity index (χ4n) is 1.89. The van der Waals surface area contributed by atoms with Crippen molar-refractivity contribution in [2.24, 2.45) is 5.73 Å². The van der Waals surface area contributed by atoms with Crippen LogP contribution in [0.4, 0.5) is 5.69 Å². The number of nitrogens with two attached hydrogens (primary N) is 1. The van der Waals surface area contributed by atoms with E-state index in [9.17, 15) is 0 Å². The van der Waals surface area contributed by atoms with Gasteiger partial charge in [-0.25, -0.2) is 4.98 Å². The molecule has 0 saturated heterocycles.